The average molecular weight is 244 g/mol. The minimum Gasteiger partial charge on any atom is -0.481 e. The molecule has 0 saturated heterocycles. The Balaban J connectivity index is 2.83. The van der Waals surface area contributed by atoms with E-state index in [2.05, 4.69) is 11.8 Å². The first-order valence-electron chi connectivity index (χ1n) is 6.23. The van der Waals surface area contributed by atoms with Gasteiger partial charge in [-0.2, -0.15) is 0 Å². The zero-order chi connectivity index (χ0) is 13.7. The van der Waals surface area contributed by atoms with Crippen molar-refractivity contribution in [1.29, 1.82) is 0 Å². The van der Waals surface area contributed by atoms with E-state index in [-0.39, 0.29) is 11.8 Å². The van der Waals surface area contributed by atoms with Crippen molar-refractivity contribution in [2.75, 3.05) is 0 Å². The van der Waals surface area contributed by atoms with Crippen molar-refractivity contribution < 1.29 is 9.90 Å². The van der Waals surface area contributed by atoms with Gasteiger partial charge in [0.15, 0.2) is 0 Å². The van der Waals surface area contributed by atoms with Crippen LogP contribution < -0.4 is 0 Å². The number of benzene rings is 1. The SMILES string of the molecule is Cc1ccc(C#CC(C)C(C(=O)O)C(C)C)cc1. The molecule has 1 aromatic carbocycles. The van der Waals surface area contributed by atoms with Crippen LogP contribution >= 0.6 is 0 Å². The van der Waals surface area contributed by atoms with Crippen LogP contribution in [-0.2, 0) is 4.79 Å². The molecule has 0 bridgehead atoms. The predicted octanol–water partition coefficient (Wildman–Crippen LogP) is 3.34. The van der Waals surface area contributed by atoms with E-state index >= 15 is 0 Å². The fourth-order valence-corrected chi connectivity index (χ4v) is 2.00. The lowest BCUT2D eigenvalue weighted by Gasteiger charge is -2.18. The van der Waals surface area contributed by atoms with Crippen LogP contribution in [0.2, 0.25) is 0 Å². The second-order valence-corrected chi connectivity index (χ2v) is 5.03. The fraction of sp³-hybridized carbons (Fsp3) is 0.438. The summed E-state index contributed by atoms with van der Waals surface area (Å²) in [6, 6.07) is 7.93. The summed E-state index contributed by atoms with van der Waals surface area (Å²) in [6.07, 6.45) is 0. The quantitative estimate of drug-likeness (QED) is 0.828. The lowest BCUT2D eigenvalue weighted by atomic mass is 9.85. The molecule has 2 unspecified atom stereocenters. The van der Waals surface area contributed by atoms with Gasteiger partial charge < -0.3 is 5.11 Å². The number of aryl methyl sites for hydroxylation is 1. The van der Waals surface area contributed by atoms with Gasteiger partial charge in [-0.15, -0.1) is 0 Å². The third kappa shape index (κ3) is 3.92. The number of carbonyl (C=O) groups is 1. The highest BCUT2D eigenvalue weighted by Crippen LogP contribution is 2.20. The van der Waals surface area contributed by atoms with Crippen molar-refractivity contribution in [1.82, 2.24) is 0 Å². The van der Waals surface area contributed by atoms with E-state index in [1.807, 2.05) is 52.0 Å². The molecule has 0 spiro atoms. The highest BCUT2D eigenvalue weighted by atomic mass is 16.4. The van der Waals surface area contributed by atoms with E-state index in [0.29, 0.717) is 0 Å². The lowest BCUT2D eigenvalue weighted by Crippen LogP contribution is -2.25. The van der Waals surface area contributed by atoms with Gasteiger partial charge in [-0.05, 0) is 25.0 Å². The molecular formula is C16H20O2. The molecule has 2 nitrogen and oxygen atoms in total. The maximum Gasteiger partial charge on any atom is 0.308 e. The number of hydrogen-bond donors (Lipinski definition) is 1. The van der Waals surface area contributed by atoms with Crippen LogP contribution in [0.1, 0.15) is 31.9 Å². The Morgan fingerprint density at radius 2 is 1.72 bits per heavy atom. The van der Waals surface area contributed by atoms with Crippen LogP contribution in [0.4, 0.5) is 0 Å². The summed E-state index contributed by atoms with van der Waals surface area (Å²) >= 11 is 0. The zero-order valence-electron chi connectivity index (χ0n) is 11.4. The summed E-state index contributed by atoms with van der Waals surface area (Å²) < 4.78 is 0. The minimum absolute atomic E-state index is 0.0878. The monoisotopic (exact) mass is 244 g/mol. The topological polar surface area (TPSA) is 37.3 Å². The molecule has 1 N–H and O–H groups in total. The van der Waals surface area contributed by atoms with Gasteiger partial charge in [0.25, 0.3) is 0 Å². The highest BCUT2D eigenvalue weighted by molar-refractivity contribution is 5.71. The Labute approximate surface area is 109 Å². The molecule has 1 rings (SSSR count). The van der Waals surface area contributed by atoms with Crippen LogP contribution in [0.15, 0.2) is 24.3 Å². The molecule has 0 heterocycles. The molecule has 0 fully saturated rings. The molecule has 0 amide bonds. The predicted molar refractivity (Wildman–Crippen MR) is 73.2 cm³/mol. The summed E-state index contributed by atoms with van der Waals surface area (Å²) in [5.74, 6) is 4.86. The summed E-state index contributed by atoms with van der Waals surface area (Å²) in [6.45, 7) is 7.74. The Hall–Kier alpha value is -1.75. The number of hydrogen-bond acceptors (Lipinski definition) is 1. The summed E-state index contributed by atoms with van der Waals surface area (Å²) in [5.41, 5.74) is 2.12. The van der Waals surface area contributed by atoms with E-state index < -0.39 is 11.9 Å². The van der Waals surface area contributed by atoms with Crippen molar-refractivity contribution in [2.45, 2.75) is 27.7 Å². The van der Waals surface area contributed by atoms with E-state index in [1.165, 1.54) is 5.56 Å². The van der Waals surface area contributed by atoms with E-state index in [1.54, 1.807) is 0 Å². The van der Waals surface area contributed by atoms with Gasteiger partial charge in [-0.1, -0.05) is 50.3 Å². The number of aliphatic carboxylic acids is 1. The molecule has 0 radical (unpaired) electrons. The van der Waals surface area contributed by atoms with E-state index in [4.69, 9.17) is 0 Å². The molecule has 2 heteroatoms. The standard InChI is InChI=1S/C16H20O2/c1-11(2)15(16(17)18)13(4)7-10-14-8-5-12(3)6-9-14/h5-6,8-9,11,13,15H,1-4H3,(H,17,18). The van der Waals surface area contributed by atoms with E-state index in [0.717, 1.165) is 5.56 Å². The normalized spacial score (nSPS) is 13.6. The van der Waals surface area contributed by atoms with Gasteiger partial charge >= 0.3 is 5.97 Å². The molecule has 0 aliphatic heterocycles. The minimum atomic E-state index is -0.768. The zero-order valence-corrected chi connectivity index (χ0v) is 11.4. The van der Waals surface area contributed by atoms with Gasteiger partial charge in [0.2, 0.25) is 0 Å². The van der Waals surface area contributed by atoms with Crippen LogP contribution in [0.5, 0.6) is 0 Å². The first kappa shape index (κ1) is 14.3. The molecule has 18 heavy (non-hydrogen) atoms. The maximum absolute atomic E-state index is 11.2. The van der Waals surface area contributed by atoms with Crippen LogP contribution in [0.25, 0.3) is 0 Å². The second-order valence-electron chi connectivity index (χ2n) is 5.03. The van der Waals surface area contributed by atoms with Crippen LogP contribution in [0.3, 0.4) is 0 Å². The van der Waals surface area contributed by atoms with E-state index in [9.17, 15) is 9.90 Å². The molecule has 0 aliphatic rings. The third-order valence-corrected chi connectivity index (χ3v) is 3.04. The molecule has 0 aliphatic carbocycles. The van der Waals surface area contributed by atoms with Gasteiger partial charge in [-0.25, -0.2) is 0 Å². The molecule has 0 saturated carbocycles. The van der Waals surface area contributed by atoms with Crippen LogP contribution in [0, 0.1) is 36.5 Å². The Bertz CT molecular complexity index is 460. The Kier molecular flexibility index (Phi) is 4.97. The summed E-state index contributed by atoms with van der Waals surface area (Å²) in [7, 11) is 0. The molecule has 0 aromatic heterocycles. The second kappa shape index (κ2) is 6.26. The smallest absolute Gasteiger partial charge is 0.308 e. The highest BCUT2D eigenvalue weighted by Gasteiger charge is 2.26. The van der Waals surface area contributed by atoms with Crippen molar-refractivity contribution in [3.8, 4) is 11.8 Å². The van der Waals surface area contributed by atoms with Crippen molar-refractivity contribution in [3.63, 3.8) is 0 Å². The molecular weight excluding hydrogens is 224 g/mol. The third-order valence-electron chi connectivity index (χ3n) is 3.04. The largest absolute Gasteiger partial charge is 0.481 e. The number of carboxylic acids is 1. The average Bonchev–Trinajstić information content (AvgIpc) is 2.27. The van der Waals surface area contributed by atoms with Gasteiger partial charge in [0.1, 0.15) is 0 Å². The fourth-order valence-electron chi connectivity index (χ4n) is 2.00. The lowest BCUT2D eigenvalue weighted by molar-refractivity contribution is -0.144. The van der Waals surface area contributed by atoms with Crippen molar-refractivity contribution >= 4 is 5.97 Å². The van der Waals surface area contributed by atoms with Crippen molar-refractivity contribution in [2.24, 2.45) is 17.8 Å². The Morgan fingerprint density at radius 1 is 1.17 bits per heavy atom. The van der Waals surface area contributed by atoms with Crippen molar-refractivity contribution in [3.05, 3.63) is 35.4 Å². The van der Waals surface area contributed by atoms with Gasteiger partial charge in [0, 0.05) is 11.5 Å². The summed E-state index contributed by atoms with van der Waals surface area (Å²) in [5, 5.41) is 9.18. The number of rotatable bonds is 3. The van der Waals surface area contributed by atoms with Gasteiger partial charge in [0.05, 0.1) is 5.92 Å². The molecule has 2 atom stereocenters. The first-order valence-corrected chi connectivity index (χ1v) is 6.23. The van der Waals surface area contributed by atoms with Gasteiger partial charge in [-0.3, -0.25) is 4.79 Å². The van der Waals surface area contributed by atoms with Crippen LogP contribution in [-0.4, -0.2) is 11.1 Å². The summed E-state index contributed by atoms with van der Waals surface area (Å²) in [4.78, 5) is 11.2. The first-order chi connectivity index (χ1) is 8.41. The molecule has 1 aromatic rings. The number of carboxylic acid groups (broad SMARTS) is 1. The molecule has 96 valence electrons. The maximum atomic E-state index is 11.2. The Morgan fingerprint density at radius 3 is 2.17 bits per heavy atom.